The summed E-state index contributed by atoms with van der Waals surface area (Å²) < 4.78 is 0. The molecule has 1 heterocycles. The molecule has 0 radical (unpaired) electrons. The molecule has 0 aliphatic carbocycles. The van der Waals surface area contributed by atoms with Gasteiger partial charge in [0.05, 0.1) is 0 Å². The third-order valence-corrected chi connectivity index (χ3v) is 2.78. The molecule has 0 aromatic rings. The molecule has 0 unspecified atom stereocenters. The Bertz CT molecular complexity index is 250. The molecule has 5 nitrogen and oxygen atoms in total. The van der Waals surface area contributed by atoms with E-state index in [1.54, 1.807) is 0 Å². The molecule has 1 aliphatic rings. The lowest BCUT2D eigenvalue weighted by molar-refractivity contribution is 0.00944. The number of hydrogen-bond acceptors (Lipinski definition) is 3. The van der Waals surface area contributed by atoms with Gasteiger partial charge in [0.1, 0.15) is 0 Å². The number of hydroxylamine groups is 2. The van der Waals surface area contributed by atoms with Gasteiger partial charge in [0.15, 0.2) is 0 Å². The van der Waals surface area contributed by atoms with E-state index in [1.807, 2.05) is 27.7 Å². The van der Waals surface area contributed by atoms with Crippen molar-refractivity contribution in [3.63, 3.8) is 0 Å². The molecule has 0 atom stereocenters. The van der Waals surface area contributed by atoms with E-state index in [0.717, 1.165) is 5.06 Å². The van der Waals surface area contributed by atoms with Gasteiger partial charge in [0.2, 0.25) is 0 Å². The van der Waals surface area contributed by atoms with Crippen molar-refractivity contribution in [2.45, 2.75) is 57.7 Å². The van der Waals surface area contributed by atoms with E-state index >= 15 is 0 Å². The van der Waals surface area contributed by atoms with E-state index in [2.05, 4.69) is 10.0 Å². The fourth-order valence-corrected chi connectivity index (χ4v) is 2.37. The Hall–Kier alpha value is -0.770. The van der Waals surface area contributed by atoms with E-state index in [-0.39, 0.29) is 6.04 Å². The minimum Gasteiger partial charge on any atom is -0.784 e. The second-order valence-corrected chi connectivity index (χ2v) is 5.19. The monoisotopic (exact) mass is 197 g/mol. The maximum absolute atomic E-state index is 11.9. The highest BCUT2D eigenvalue weighted by Gasteiger charge is 2.39. The molecule has 1 rings (SSSR count). The number of nitrogens with zero attached hydrogens (tertiary/aromatic N) is 4. The summed E-state index contributed by atoms with van der Waals surface area (Å²) in [4.78, 5) is 2.82. The zero-order chi connectivity index (χ0) is 11.0. The quantitative estimate of drug-likeness (QED) is 0.368. The molecule has 0 bridgehead atoms. The van der Waals surface area contributed by atoms with Gasteiger partial charge in [-0.1, -0.05) is 5.11 Å². The molecule has 0 aromatic carbocycles. The smallest absolute Gasteiger partial charge is 0.0408 e. The summed E-state index contributed by atoms with van der Waals surface area (Å²) in [6.07, 6.45) is 1.26. The highest BCUT2D eigenvalue weighted by molar-refractivity contribution is 5.02. The Morgan fingerprint density at radius 2 is 1.71 bits per heavy atom. The fourth-order valence-electron chi connectivity index (χ4n) is 2.37. The second-order valence-electron chi connectivity index (χ2n) is 5.19. The Labute approximate surface area is 84.3 Å². The number of rotatable bonds is 1. The average molecular weight is 197 g/mol. The van der Waals surface area contributed by atoms with Crippen LogP contribution < -0.4 is 0 Å². The second kappa shape index (κ2) is 3.42. The van der Waals surface area contributed by atoms with Gasteiger partial charge in [-0.15, -0.1) is 0 Å². The summed E-state index contributed by atoms with van der Waals surface area (Å²) in [6.45, 7) is 7.56. The summed E-state index contributed by atoms with van der Waals surface area (Å²) in [5.74, 6) is 0. The highest BCUT2D eigenvalue weighted by atomic mass is 16.5. The molecule has 14 heavy (non-hydrogen) atoms. The molecular weight excluding hydrogens is 180 g/mol. The van der Waals surface area contributed by atoms with Gasteiger partial charge in [0.25, 0.3) is 0 Å². The molecule has 1 fully saturated rings. The van der Waals surface area contributed by atoms with Crippen molar-refractivity contribution in [3.8, 4) is 0 Å². The first-order valence-corrected chi connectivity index (χ1v) is 4.81. The Kier molecular flexibility index (Phi) is 2.76. The molecule has 80 valence electrons. The minimum atomic E-state index is -0.444. The zero-order valence-corrected chi connectivity index (χ0v) is 9.19. The van der Waals surface area contributed by atoms with E-state index in [0.29, 0.717) is 12.8 Å². The standard InChI is InChI=1S/C9H17N4O/c1-8(2)5-7(11-12-10)6-9(3,4)13(8)14/h7H,5-6H2,1-4H3/q-1. The van der Waals surface area contributed by atoms with E-state index in [4.69, 9.17) is 5.53 Å². The highest BCUT2D eigenvalue weighted by Crippen LogP contribution is 2.38. The number of azide groups is 1. The molecule has 5 heteroatoms. The van der Waals surface area contributed by atoms with Crippen molar-refractivity contribution in [2.75, 3.05) is 0 Å². The van der Waals surface area contributed by atoms with Crippen LogP contribution in [0.15, 0.2) is 5.11 Å². The summed E-state index contributed by atoms with van der Waals surface area (Å²) in [7, 11) is 0. The van der Waals surface area contributed by atoms with Crippen LogP contribution in [-0.2, 0) is 0 Å². The largest absolute Gasteiger partial charge is 0.784 e. The molecule has 0 saturated carbocycles. The summed E-state index contributed by atoms with van der Waals surface area (Å²) in [5, 5.41) is 16.8. The Morgan fingerprint density at radius 1 is 1.29 bits per heavy atom. The van der Waals surface area contributed by atoms with Gasteiger partial charge < -0.3 is 10.3 Å². The SMILES string of the molecule is CC1(C)CC(N=[N+]=[N-])CC(C)(C)N1[O-]. The van der Waals surface area contributed by atoms with Crippen LogP contribution in [0.3, 0.4) is 0 Å². The van der Waals surface area contributed by atoms with E-state index in [1.165, 1.54) is 0 Å². The van der Waals surface area contributed by atoms with Crippen molar-refractivity contribution in [1.29, 1.82) is 0 Å². The molecule has 0 spiro atoms. The van der Waals surface area contributed by atoms with Crippen LogP contribution in [0.1, 0.15) is 40.5 Å². The number of hydrogen-bond donors (Lipinski definition) is 0. The Balaban J connectivity index is 2.91. The van der Waals surface area contributed by atoms with Crippen LogP contribution in [0.25, 0.3) is 10.4 Å². The topological polar surface area (TPSA) is 75.1 Å². The van der Waals surface area contributed by atoms with Gasteiger partial charge in [-0.25, -0.2) is 0 Å². The van der Waals surface area contributed by atoms with Crippen LogP contribution in [-0.4, -0.2) is 22.2 Å². The lowest BCUT2D eigenvalue weighted by atomic mass is 9.79. The number of piperidine rings is 1. The van der Waals surface area contributed by atoms with E-state index < -0.39 is 11.1 Å². The van der Waals surface area contributed by atoms with Crippen molar-refractivity contribution < 1.29 is 0 Å². The normalized spacial score (nSPS) is 26.9. The summed E-state index contributed by atoms with van der Waals surface area (Å²) >= 11 is 0. The first-order valence-electron chi connectivity index (χ1n) is 4.81. The van der Waals surface area contributed by atoms with Gasteiger partial charge in [0, 0.05) is 22.0 Å². The van der Waals surface area contributed by atoms with Gasteiger partial charge in [-0.2, -0.15) is 0 Å². The van der Waals surface area contributed by atoms with Crippen molar-refractivity contribution in [1.82, 2.24) is 5.06 Å². The third-order valence-electron chi connectivity index (χ3n) is 2.78. The van der Waals surface area contributed by atoms with Crippen molar-refractivity contribution in [3.05, 3.63) is 15.7 Å². The minimum absolute atomic E-state index is 0.0600. The first kappa shape index (κ1) is 11.3. The molecule has 0 N–H and O–H groups in total. The molecular formula is C9H17N4O-. The zero-order valence-electron chi connectivity index (χ0n) is 9.19. The van der Waals surface area contributed by atoms with Crippen LogP contribution >= 0.6 is 0 Å². The lowest BCUT2D eigenvalue weighted by Gasteiger charge is -2.59. The lowest BCUT2D eigenvalue weighted by Crippen LogP contribution is -2.58. The molecule has 0 amide bonds. The summed E-state index contributed by atoms with van der Waals surface area (Å²) in [6, 6.07) is -0.0600. The summed E-state index contributed by atoms with van der Waals surface area (Å²) in [5.41, 5.74) is 7.50. The van der Waals surface area contributed by atoms with Crippen molar-refractivity contribution >= 4 is 0 Å². The van der Waals surface area contributed by atoms with Crippen LogP contribution in [0.4, 0.5) is 0 Å². The van der Waals surface area contributed by atoms with Gasteiger partial charge in [-0.3, -0.25) is 0 Å². The molecule has 0 aromatic heterocycles. The third kappa shape index (κ3) is 2.00. The van der Waals surface area contributed by atoms with Crippen LogP contribution in [0, 0.1) is 5.21 Å². The van der Waals surface area contributed by atoms with Crippen LogP contribution in [0.2, 0.25) is 0 Å². The Morgan fingerprint density at radius 3 is 2.07 bits per heavy atom. The average Bonchev–Trinajstić information content (AvgIpc) is 1.99. The van der Waals surface area contributed by atoms with Gasteiger partial charge in [-0.05, 0) is 46.1 Å². The van der Waals surface area contributed by atoms with Crippen molar-refractivity contribution in [2.24, 2.45) is 5.11 Å². The predicted molar refractivity (Wildman–Crippen MR) is 55.5 cm³/mol. The van der Waals surface area contributed by atoms with Gasteiger partial charge >= 0.3 is 0 Å². The molecule has 1 aliphatic heterocycles. The maximum atomic E-state index is 11.9. The molecule has 1 saturated heterocycles. The fraction of sp³-hybridized carbons (Fsp3) is 1.00. The maximum Gasteiger partial charge on any atom is 0.0408 e. The first-order chi connectivity index (χ1) is 6.29. The van der Waals surface area contributed by atoms with Crippen LogP contribution in [0.5, 0.6) is 0 Å². The predicted octanol–water partition coefficient (Wildman–Crippen LogP) is 2.82. The van der Waals surface area contributed by atoms with E-state index in [9.17, 15) is 5.21 Å².